The summed E-state index contributed by atoms with van der Waals surface area (Å²) in [5.41, 5.74) is 6.20. The zero-order chi connectivity index (χ0) is 13.7. The lowest BCUT2D eigenvalue weighted by Crippen LogP contribution is -2.35. The molecule has 1 atom stereocenters. The molecule has 0 aromatic heterocycles. The molecule has 1 unspecified atom stereocenters. The van der Waals surface area contributed by atoms with Crippen molar-refractivity contribution >= 4 is 23.8 Å². The average Bonchev–Trinajstić information content (AvgIpc) is 2.47. The lowest BCUT2D eigenvalue weighted by atomic mass is 9.75. The summed E-state index contributed by atoms with van der Waals surface area (Å²) in [4.78, 5) is 0. The van der Waals surface area contributed by atoms with Crippen molar-refractivity contribution in [3.8, 4) is 0 Å². The highest BCUT2D eigenvalue weighted by molar-refractivity contribution is 5.82. The van der Waals surface area contributed by atoms with E-state index in [4.69, 9.17) is 0 Å². The Morgan fingerprint density at radius 2 is 1.95 bits per heavy atom. The van der Waals surface area contributed by atoms with E-state index in [1.165, 1.54) is 32.7 Å². The Kier molecular flexibility index (Phi) is 2.34. The summed E-state index contributed by atoms with van der Waals surface area (Å²) in [5, 5.41) is 2.67. The minimum atomic E-state index is 0.254. The molecular weight excluding hydrogens is 240 g/mol. The maximum atomic E-state index is 4.35. The fourth-order valence-electron chi connectivity index (χ4n) is 3.41. The summed E-state index contributed by atoms with van der Waals surface area (Å²) in [6.07, 6.45) is 16.4. The first kappa shape index (κ1) is 11.5. The van der Waals surface area contributed by atoms with Crippen molar-refractivity contribution in [1.82, 2.24) is 0 Å². The monoisotopic (exact) mass is 256 g/mol. The van der Waals surface area contributed by atoms with Crippen LogP contribution in [0.1, 0.15) is 17.5 Å². The smallest absolute Gasteiger partial charge is 0.0334 e. The summed E-state index contributed by atoms with van der Waals surface area (Å²) >= 11 is 0. The van der Waals surface area contributed by atoms with Crippen LogP contribution in [0.4, 0.5) is 0 Å². The van der Waals surface area contributed by atoms with Crippen LogP contribution in [0, 0.1) is 5.92 Å². The van der Waals surface area contributed by atoms with E-state index in [0.717, 1.165) is 12.0 Å². The quantitative estimate of drug-likeness (QED) is 0.667. The lowest BCUT2D eigenvalue weighted by Gasteiger charge is -2.28. The van der Waals surface area contributed by atoms with Gasteiger partial charge in [-0.3, -0.25) is 0 Å². The topological polar surface area (TPSA) is 0 Å². The number of hydrogen-bond acceptors (Lipinski definition) is 0. The van der Waals surface area contributed by atoms with Crippen LogP contribution in [0.3, 0.4) is 0 Å². The van der Waals surface area contributed by atoms with E-state index in [1.54, 1.807) is 0 Å². The standard InChI is InChI=1S/C20H16/c1-13-6-5-8-16-12-19-17(14(2)20(13)16)11-10-15-7-3-4-9-18(15)19/h3,5-12,20H,1-2,4H2. The molecule has 3 aliphatic carbocycles. The van der Waals surface area contributed by atoms with Crippen LogP contribution in [0.15, 0.2) is 60.7 Å². The Balaban J connectivity index is 2.09. The van der Waals surface area contributed by atoms with Crippen molar-refractivity contribution in [3.05, 3.63) is 82.3 Å². The molecule has 0 bridgehead atoms. The molecule has 0 heteroatoms. The zero-order valence-corrected chi connectivity index (χ0v) is 11.4. The van der Waals surface area contributed by atoms with Gasteiger partial charge < -0.3 is 0 Å². The predicted molar refractivity (Wildman–Crippen MR) is 87.2 cm³/mol. The molecule has 1 aromatic rings. The van der Waals surface area contributed by atoms with Crippen LogP contribution in [0.2, 0.25) is 0 Å². The summed E-state index contributed by atoms with van der Waals surface area (Å²) in [7, 11) is 0. The van der Waals surface area contributed by atoms with Gasteiger partial charge in [0.2, 0.25) is 0 Å². The third kappa shape index (κ3) is 1.48. The van der Waals surface area contributed by atoms with Gasteiger partial charge in [0.1, 0.15) is 0 Å². The van der Waals surface area contributed by atoms with E-state index in [0.29, 0.717) is 0 Å². The van der Waals surface area contributed by atoms with Gasteiger partial charge >= 0.3 is 0 Å². The molecule has 3 aliphatic rings. The highest BCUT2D eigenvalue weighted by Crippen LogP contribution is 2.37. The minimum absolute atomic E-state index is 0.254. The van der Waals surface area contributed by atoms with Gasteiger partial charge in [0.25, 0.3) is 0 Å². The predicted octanol–water partition coefficient (Wildman–Crippen LogP) is 3.36. The van der Waals surface area contributed by atoms with Crippen LogP contribution in [-0.4, -0.2) is 0 Å². The Hall–Kier alpha value is -2.34. The average molecular weight is 256 g/mol. The summed E-state index contributed by atoms with van der Waals surface area (Å²) in [6, 6.07) is 4.41. The van der Waals surface area contributed by atoms with Crippen LogP contribution in [0.25, 0.3) is 23.8 Å². The first-order valence-electron chi connectivity index (χ1n) is 7.03. The van der Waals surface area contributed by atoms with Crippen LogP contribution >= 0.6 is 0 Å². The van der Waals surface area contributed by atoms with Gasteiger partial charge in [-0.15, -0.1) is 0 Å². The number of benzene rings is 1. The maximum absolute atomic E-state index is 4.35. The summed E-state index contributed by atoms with van der Waals surface area (Å²) in [5.74, 6) is 0.254. The van der Waals surface area contributed by atoms with Gasteiger partial charge in [-0.2, -0.15) is 0 Å². The molecule has 1 aromatic carbocycles. The third-order valence-electron chi connectivity index (χ3n) is 4.38. The molecule has 0 spiro atoms. The van der Waals surface area contributed by atoms with Crippen molar-refractivity contribution in [2.24, 2.45) is 5.92 Å². The summed E-state index contributed by atoms with van der Waals surface area (Å²) in [6.45, 7) is 8.53. The van der Waals surface area contributed by atoms with E-state index in [1.807, 2.05) is 0 Å². The minimum Gasteiger partial charge on any atom is -0.0949 e. The molecular formula is C20H16. The number of allylic oxidation sites excluding steroid dienone is 7. The number of hydrogen-bond donors (Lipinski definition) is 0. The first-order valence-corrected chi connectivity index (χ1v) is 7.03. The Labute approximate surface area is 119 Å². The molecule has 96 valence electrons. The Bertz CT molecular complexity index is 854. The molecule has 0 aliphatic heterocycles. The van der Waals surface area contributed by atoms with Crippen molar-refractivity contribution < 1.29 is 0 Å². The first-order chi connectivity index (χ1) is 9.75. The normalized spacial score (nSPS) is 22.2. The number of fused-ring (bicyclic) bond motifs is 4. The van der Waals surface area contributed by atoms with Crippen LogP contribution in [0.5, 0.6) is 0 Å². The van der Waals surface area contributed by atoms with Gasteiger partial charge in [0, 0.05) is 5.92 Å². The molecule has 0 saturated carbocycles. The van der Waals surface area contributed by atoms with Crippen LogP contribution in [-0.2, 0) is 0 Å². The second kappa shape index (κ2) is 4.08. The molecule has 0 saturated heterocycles. The third-order valence-corrected chi connectivity index (χ3v) is 4.38. The van der Waals surface area contributed by atoms with Gasteiger partial charge in [0.05, 0.1) is 0 Å². The maximum Gasteiger partial charge on any atom is 0.0334 e. The van der Waals surface area contributed by atoms with Gasteiger partial charge in [-0.25, -0.2) is 0 Å². The van der Waals surface area contributed by atoms with E-state index in [2.05, 4.69) is 67.8 Å². The lowest BCUT2D eigenvalue weighted by molar-refractivity contribution is 0.970. The molecule has 0 fully saturated rings. The Morgan fingerprint density at radius 3 is 2.85 bits per heavy atom. The van der Waals surface area contributed by atoms with E-state index in [-0.39, 0.29) is 5.92 Å². The fourth-order valence-corrected chi connectivity index (χ4v) is 3.41. The second-order valence-corrected chi connectivity index (χ2v) is 5.58. The number of rotatable bonds is 0. The van der Waals surface area contributed by atoms with Crippen molar-refractivity contribution in [1.29, 1.82) is 0 Å². The molecule has 4 rings (SSSR count). The zero-order valence-electron chi connectivity index (χ0n) is 11.4. The summed E-state index contributed by atoms with van der Waals surface area (Å²) < 4.78 is 0. The fraction of sp³-hybridized carbons (Fsp3) is 0.100. The largest absolute Gasteiger partial charge is 0.0949 e. The molecule has 0 heterocycles. The Morgan fingerprint density at radius 1 is 1.05 bits per heavy atom. The molecule has 0 radical (unpaired) electrons. The van der Waals surface area contributed by atoms with Crippen molar-refractivity contribution in [2.45, 2.75) is 6.42 Å². The van der Waals surface area contributed by atoms with E-state index < -0.39 is 0 Å². The van der Waals surface area contributed by atoms with Crippen molar-refractivity contribution in [2.75, 3.05) is 0 Å². The van der Waals surface area contributed by atoms with Crippen molar-refractivity contribution in [3.63, 3.8) is 0 Å². The van der Waals surface area contributed by atoms with Crippen LogP contribution < -0.4 is 10.4 Å². The van der Waals surface area contributed by atoms with Gasteiger partial charge in [-0.05, 0) is 50.8 Å². The molecule has 0 N–H and O–H groups in total. The molecule has 20 heavy (non-hydrogen) atoms. The highest BCUT2D eigenvalue weighted by atomic mass is 14.3. The molecule has 0 amide bonds. The molecule has 0 nitrogen and oxygen atoms in total. The SMILES string of the molecule is C=C1C=CC=C2C=c3c(ccc4c3=CCC=C4)C(=C)C12. The second-order valence-electron chi connectivity index (χ2n) is 5.58. The van der Waals surface area contributed by atoms with Gasteiger partial charge in [0.15, 0.2) is 0 Å². The van der Waals surface area contributed by atoms with E-state index in [9.17, 15) is 0 Å². The van der Waals surface area contributed by atoms with Gasteiger partial charge in [-0.1, -0.05) is 61.7 Å². The van der Waals surface area contributed by atoms with E-state index >= 15 is 0 Å². The highest BCUT2D eigenvalue weighted by Gasteiger charge is 2.25.